The Bertz CT molecular complexity index is 592. The molecule has 0 saturated carbocycles. The van der Waals surface area contributed by atoms with Gasteiger partial charge >= 0.3 is 0 Å². The Morgan fingerprint density at radius 3 is 3.11 bits per heavy atom. The number of nitrogens with zero attached hydrogens (tertiary/aromatic N) is 1. The second-order valence-corrected chi connectivity index (χ2v) is 4.34. The molecule has 5 nitrogen and oxygen atoms in total. The standard InChI is InChI=1S/C12H12FN3O2/c13-10-8(1-2-9-11(10)16-6-15-9)12(17)14-3-7-4-18-5-7/h1-2,6-7H,3-5H2,(H,14,17)(H,15,16). The topological polar surface area (TPSA) is 67.0 Å². The van der Waals surface area contributed by atoms with Gasteiger partial charge in [-0.1, -0.05) is 0 Å². The van der Waals surface area contributed by atoms with E-state index in [4.69, 9.17) is 4.74 Å². The lowest BCUT2D eigenvalue weighted by atomic mass is 10.1. The summed E-state index contributed by atoms with van der Waals surface area (Å²) >= 11 is 0. The van der Waals surface area contributed by atoms with Gasteiger partial charge in [0.1, 0.15) is 5.52 Å². The summed E-state index contributed by atoms with van der Waals surface area (Å²) in [5.74, 6) is -0.661. The van der Waals surface area contributed by atoms with Crippen molar-refractivity contribution in [2.45, 2.75) is 0 Å². The molecule has 3 rings (SSSR count). The van der Waals surface area contributed by atoms with Crippen LogP contribution in [0.15, 0.2) is 18.5 Å². The summed E-state index contributed by atoms with van der Waals surface area (Å²) in [6, 6.07) is 3.11. The summed E-state index contributed by atoms with van der Waals surface area (Å²) < 4.78 is 19.0. The smallest absolute Gasteiger partial charge is 0.254 e. The number of hydrogen-bond acceptors (Lipinski definition) is 3. The zero-order chi connectivity index (χ0) is 12.5. The molecule has 1 aliphatic rings. The van der Waals surface area contributed by atoms with Crippen LogP contribution in [0, 0.1) is 11.7 Å². The number of carbonyl (C=O) groups excluding carboxylic acids is 1. The maximum absolute atomic E-state index is 14.0. The van der Waals surface area contributed by atoms with E-state index in [-0.39, 0.29) is 11.1 Å². The first-order valence-electron chi connectivity index (χ1n) is 5.73. The summed E-state index contributed by atoms with van der Waals surface area (Å²) in [6.45, 7) is 1.82. The van der Waals surface area contributed by atoms with Crippen LogP contribution in [0.2, 0.25) is 0 Å². The number of amides is 1. The Morgan fingerprint density at radius 1 is 1.56 bits per heavy atom. The molecule has 1 aromatic carbocycles. The van der Waals surface area contributed by atoms with Gasteiger partial charge in [-0.3, -0.25) is 4.79 Å². The second-order valence-electron chi connectivity index (χ2n) is 4.34. The largest absolute Gasteiger partial charge is 0.381 e. The molecule has 0 radical (unpaired) electrons. The third kappa shape index (κ3) is 1.84. The fourth-order valence-corrected chi connectivity index (χ4v) is 1.88. The maximum Gasteiger partial charge on any atom is 0.254 e. The highest BCUT2D eigenvalue weighted by atomic mass is 19.1. The number of H-pyrrole nitrogens is 1. The van der Waals surface area contributed by atoms with Crippen molar-refractivity contribution in [3.63, 3.8) is 0 Å². The zero-order valence-corrected chi connectivity index (χ0v) is 9.57. The molecule has 1 fully saturated rings. The van der Waals surface area contributed by atoms with Gasteiger partial charge < -0.3 is 15.0 Å². The van der Waals surface area contributed by atoms with Gasteiger partial charge in [0, 0.05) is 12.5 Å². The first kappa shape index (κ1) is 11.2. The molecular formula is C12H12FN3O2. The molecule has 2 N–H and O–H groups in total. The van der Waals surface area contributed by atoms with Crippen molar-refractivity contribution in [3.05, 3.63) is 29.8 Å². The molecule has 1 saturated heterocycles. The number of aromatic amines is 1. The molecule has 1 aliphatic heterocycles. The Hall–Kier alpha value is -1.95. The first-order chi connectivity index (χ1) is 8.75. The number of halogens is 1. The normalized spacial score (nSPS) is 15.6. The summed E-state index contributed by atoms with van der Waals surface area (Å²) in [5, 5.41) is 2.70. The van der Waals surface area contributed by atoms with E-state index in [1.807, 2.05) is 0 Å². The molecular weight excluding hydrogens is 237 g/mol. The molecule has 2 aromatic rings. The van der Waals surface area contributed by atoms with Crippen LogP contribution in [-0.2, 0) is 4.74 Å². The van der Waals surface area contributed by atoms with E-state index in [9.17, 15) is 9.18 Å². The minimum Gasteiger partial charge on any atom is -0.381 e. The van der Waals surface area contributed by atoms with E-state index in [1.165, 1.54) is 12.4 Å². The van der Waals surface area contributed by atoms with Gasteiger partial charge in [0.15, 0.2) is 5.82 Å². The van der Waals surface area contributed by atoms with Crippen molar-refractivity contribution >= 4 is 16.9 Å². The van der Waals surface area contributed by atoms with Crippen LogP contribution in [0.5, 0.6) is 0 Å². The lowest BCUT2D eigenvalue weighted by molar-refractivity contribution is -0.0298. The lowest BCUT2D eigenvalue weighted by Gasteiger charge is -2.25. The van der Waals surface area contributed by atoms with Crippen molar-refractivity contribution < 1.29 is 13.9 Å². The number of ether oxygens (including phenoxy) is 1. The number of imidazole rings is 1. The van der Waals surface area contributed by atoms with E-state index in [1.54, 1.807) is 6.07 Å². The number of benzene rings is 1. The Kier molecular flexibility index (Phi) is 2.71. The minimum absolute atomic E-state index is 0.0230. The predicted molar refractivity (Wildman–Crippen MR) is 62.7 cm³/mol. The van der Waals surface area contributed by atoms with Gasteiger partial charge in [-0.05, 0) is 12.1 Å². The third-order valence-electron chi connectivity index (χ3n) is 3.03. The highest BCUT2D eigenvalue weighted by molar-refractivity contribution is 5.97. The van der Waals surface area contributed by atoms with Gasteiger partial charge in [-0.2, -0.15) is 0 Å². The third-order valence-corrected chi connectivity index (χ3v) is 3.03. The van der Waals surface area contributed by atoms with Crippen molar-refractivity contribution in [1.82, 2.24) is 15.3 Å². The number of aromatic nitrogens is 2. The Balaban J connectivity index is 1.79. The van der Waals surface area contributed by atoms with Crippen molar-refractivity contribution in [1.29, 1.82) is 0 Å². The zero-order valence-electron chi connectivity index (χ0n) is 9.57. The summed E-state index contributed by atoms with van der Waals surface area (Å²) in [4.78, 5) is 18.5. The number of carbonyl (C=O) groups is 1. The number of fused-ring (bicyclic) bond motifs is 1. The van der Waals surface area contributed by atoms with Crippen molar-refractivity contribution in [2.24, 2.45) is 5.92 Å². The Labute approximate surface area is 102 Å². The van der Waals surface area contributed by atoms with Gasteiger partial charge in [0.05, 0.1) is 30.6 Å². The highest BCUT2D eigenvalue weighted by Crippen LogP contribution is 2.18. The number of nitrogens with one attached hydrogen (secondary N) is 2. The van der Waals surface area contributed by atoms with Crippen LogP contribution in [0.3, 0.4) is 0 Å². The molecule has 0 bridgehead atoms. The fraction of sp³-hybridized carbons (Fsp3) is 0.333. The quantitative estimate of drug-likeness (QED) is 0.855. The van der Waals surface area contributed by atoms with Gasteiger partial charge in [-0.15, -0.1) is 0 Å². The van der Waals surface area contributed by atoms with E-state index in [2.05, 4.69) is 15.3 Å². The molecule has 1 amide bonds. The van der Waals surface area contributed by atoms with E-state index >= 15 is 0 Å². The molecule has 0 unspecified atom stereocenters. The predicted octanol–water partition coefficient (Wildman–Crippen LogP) is 1.08. The summed E-state index contributed by atoms with van der Waals surface area (Å²) in [6.07, 6.45) is 1.40. The molecule has 1 aromatic heterocycles. The second kappa shape index (κ2) is 4.38. The van der Waals surface area contributed by atoms with Crippen molar-refractivity contribution in [2.75, 3.05) is 19.8 Å². The number of hydrogen-bond donors (Lipinski definition) is 2. The van der Waals surface area contributed by atoms with Crippen LogP contribution < -0.4 is 5.32 Å². The van der Waals surface area contributed by atoms with Crippen LogP contribution in [0.1, 0.15) is 10.4 Å². The van der Waals surface area contributed by atoms with E-state index in [0.717, 1.165) is 0 Å². The molecule has 18 heavy (non-hydrogen) atoms. The SMILES string of the molecule is O=C(NCC1COC1)c1ccc2[nH]cnc2c1F. The summed E-state index contributed by atoms with van der Waals surface area (Å²) in [7, 11) is 0. The molecule has 2 heterocycles. The van der Waals surface area contributed by atoms with Crippen LogP contribution in [0.4, 0.5) is 4.39 Å². The maximum atomic E-state index is 14.0. The first-order valence-corrected chi connectivity index (χ1v) is 5.73. The molecule has 0 spiro atoms. The average Bonchev–Trinajstić information content (AvgIpc) is 2.76. The minimum atomic E-state index is -0.587. The molecule has 6 heteroatoms. The van der Waals surface area contributed by atoms with E-state index < -0.39 is 11.7 Å². The molecule has 94 valence electrons. The van der Waals surface area contributed by atoms with Crippen molar-refractivity contribution in [3.8, 4) is 0 Å². The van der Waals surface area contributed by atoms with Gasteiger partial charge in [0.2, 0.25) is 0 Å². The van der Waals surface area contributed by atoms with Crippen LogP contribution >= 0.6 is 0 Å². The monoisotopic (exact) mass is 249 g/mol. The van der Waals surface area contributed by atoms with Gasteiger partial charge in [-0.25, -0.2) is 9.37 Å². The fourth-order valence-electron chi connectivity index (χ4n) is 1.88. The number of rotatable bonds is 3. The molecule has 0 aliphatic carbocycles. The highest BCUT2D eigenvalue weighted by Gasteiger charge is 2.21. The molecule has 0 atom stereocenters. The van der Waals surface area contributed by atoms with Gasteiger partial charge in [0.25, 0.3) is 5.91 Å². The van der Waals surface area contributed by atoms with Crippen LogP contribution in [-0.4, -0.2) is 35.6 Å². The lowest BCUT2D eigenvalue weighted by Crippen LogP contribution is -2.39. The Morgan fingerprint density at radius 2 is 2.39 bits per heavy atom. The van der Waals surface area contributed by atoms with Crippen LogP contribution in [0.25, 0.3) is 11.0 Å². The summed E-state index contributed by atoms with van der Waals surface area (Å²) in [5.41, 5.74) is 0.793. The van der Waals surface area contributed by atoms with E-state index in [0.29, 0.717) is 31.2 Å². The average molecular weight is 249 g/mol.